The van der Waals surface area contributed by atoms with Gasteiger partial charge in [0.2, 0.25) is 0 Å². The Morgan fingerprint density at radius 1 is 1.15 bits per heavy atom. The van der Waals surface area contributed by atoms with Gasteiger partial charge in [0.25, 0.3) is 5.91 Å². The number of aliphatic carboxylic acids is 2. The Morgan fingerprint density at radius 3 is 2.31 bits per heavy atom. The van der Waals surface area contributed by atoms with Crippen LogP contribution in [0.25, 0.3) is 10.9 Å². The molecule has 0 spiro atoms. The zero-order valence-corrected chi connectivity index (χ0v) is 14.3. The van der Waals surface area contributed by atoms with E-state index in [1.807, 2.05) is 6.07 Å². The number of piperidine rings is 1. The Kier molecular flexibility index (Phi) is 3.16. The number of H-pyrrole nitrogens is 1. The van der Waals surface area contributed by atoms with Crippen LogP contribution in [0, 0.1) is 17.8 Å². The summed E-state index contributed by atoms with van der Waals surface area (Å²) in [7, 11) is 1.56. The summed E-state index contributed by atoms with van der Waals surface area (Å²) < 4.78 is 5.21. The van der Waals surface area contributed by atoms with E-state index in [9.17, 15) is 24.6 Å². The van der Waals surface area contributed by atoms with E-state index in [4.69, 9.17) is 4.74 Å². The van der Waals surface area contributed by atoms with Crippen LogP contribution in [0.2, 0.25) is 0 Å². The minimum absolute atomic E-state index is 0.0668. The molecule has 0 bridgehead atoms. The number of ether oxygens (including phenoxy) is 1. The number of fused-ring (bicyclic) bond motifs is 2. The second-order valence-corrected chi connectivity index (χ2v) is 7.15. The van der Waals surface area contributed by atoms with Gasteiger partial charge in [-0.1, -0.05) is 0 Å². The molecule has 0 unspecified atom stereocenters. The molecule has 4 rings (SSSR count). The molecule has 1 aliphatic heterocycles. The fourth-order valence-electron chi connectivity index (χ4n) is 4.24. The van der Waals surface area contributed by atoms with E-state index in [0.29, 0.717) is 11.4 Å². The topological polar surface area (TPSA) is 120 Å². The van der Waals surface area contributed by atoms with Gasteiger partial charge in [0.15, 0.2) is 0 Å². The molecule has 136 valence electrons. The molecule has 1 aromatic heterocycles. The first kappa shape index (κ1) is 16.4. The Labute approximate surface area is 148 Å². The first-order chi connectivity index (χ1) is 12.3. The third kappa shape index (κ3) is 1.86. The largest absolute Gasteiger partial charge is 0.497 e. The number of aromatic nitrogens is 1. The van der Waals surface area contributed by atoms with Crippen molar-refractivity contribution in [2.75, 3.05) is 20.2 Å². The third-order valence-electron chi connectivity index (χ3n) is 5.90. The number of nitrogens with zero attached hydrogens (tertiary/aromatic N) is 1. The van der Waals surface area contributed by atoms with Crippen molar-refractivity contribution in [3.05, 3.63) is 29.5 Å². The summed E-state index contributed by atoms with van der Waals surface area (Å²) in [6.45, 7) is 1.61. The summed E-state index contributed by atoms with van der Waals surface area (Å²) >= 11 is 0. The Balaban J connectivity index is 1.69. The highest BCUT2D eigenvalue weighted by Gasteiger charge is 2.81. The maximum atomic E-state index is 13.0. The number of carboxylic acids is 2. The van der Waals surface area contributed by atoms with Crippen molar-refractivity contribution in [1.29, 1.82) is 0 Å². The lowest BCUT2D eigenvalue weighted by atomic mass is 9.97. The second kappa shape index (κ2) is 5.00. The number of methoxy groups -OCH3 is 1. The molecule has 1 saturated heterocycles. The van der Waals surface area contributed by atoms with Crippen molar-refractivity contribution in [2.45, 2.75) is 13.3 Å². The van der Waals surface area contributed by atoms with Crippen molar-refractivity contribution in [3.63, 3.8) is 0 Å². The molecule has 1 aliphatic carbocycles. The molecule has 2 fully saturated rings. The van der Waals surface area contributed by atoms with Crippen LogP contribution in [0.5, 0.6) is 5.75 Å². The van der Waals surface area contributed by atoms with Crippen molar-refractivity contribution in [3.8, 4) is 5.75 Å². The predicted octanol–water partition coefficient (Wildman–Crippen LogP) is 1.49. The number of rotatable bonds is 4. The number of benzene rings is 1. The number of carbonyl (C=O) groups excluding carboxylic acids is 1. The molecule has 1 aromatic carbocycles. The smallest absolute Gasteiger partial charge is 0.312 e. The van der Waals surface area contributed by atoms with Gasteiger partial charge in [-0.3, -0.25) is 14.4 Å². The predicted molar refractivity (Wildman–Crippen MR) is 90.2 cm³/mol. The van der Waals surface area contributed by atoms with Crippen molar-refractivity contribution in [2.24, 2.45) is 10.8 Å². The van der Waals surface area contributed by atoms with E-state index in [-0.39, 0.29) is 25.4 Å². The number of aromatic amines is 1. The molecule has 2 atom stereocenters. The molecular weight excluding hydrogens is 340 g/mol. The molecule has 8 nitrogen and oxygen atoms in total. The first-order valence-corrected chi connectivity index (χ1v) is 8.18. The van der Waals surface area contributed by atoms with E-state index in [0.717, 1.165) is 16.5 Å². The minimum Gasteiger partial charge on any atom is -0.497 e. The quantitative estimate of drug-likeness (QED) is 0.762. The lowest BCUT2D eigenvalue weighted by molar-refractivity contribution is -0.151. The van der Waals surface area contributed by atoms with Gasteiger partial charge >= 0.3 is 11.9 Å². The number of hydrogen-bond donors (Lipinski definition) is 3. The third-order valence-corrected chi connectivity index (χ3v) is 5.90. The van der Waals surface area contributed by atoms with Crippen LogP contribution in [0.3, 0.4) is 0 Å². The zero-order chi connectivity index (χ0) is 18.9. The van der Waals surface area contributed by atoms with E-state index in [2.05, 4.69) is 4.98 Å². The fraction of sp³-hybridized carbons (Fsp3) is 0.389. The van der Waals surface area contributed by atoms with Gasteiger partial charge in [-0.15, -0.1) is 0 Å². The van der Waals surface area contributed by atoms with Crippen LogP contribution in [-0.2, 0) is 9.59 Å². The Bertz CT molecular complexity index is 951. The lowest BCUT2D eigenvalue weighted by Gasteiger charge is -2.19. The van der Waals surface area contributed by atoms with E-state index < -0.39 is 22.8 Å². The number of hydrogen-bond acceptors (Lipinski definition) is 4. The molecule has 1 amide bonds. The van der Waals surface area contributed by atoms with Crippen LogP contribution in [-0.4, -0.2) is 58.1 Å². The second-order valence-electron chi connectivity index (χ2n) is 7.15. The SMILES string of the molecule is COc1ccc2[nH]c(C(=O)N3C[C@@]4(C(=O)O)C[C@@]4(C(=O)O)C3)c(C)c2c1. The van der Waals surface area contributed by atoms with Gasteiger partial charge < -0.3 is 24.8 Å². The first-order valence-electron chi connectivity index (χ1n) is 8.18. The molecule has 2 aromatic rings. The van der Waals surface area contributed by atoms with Gasteiger partial charge in [-0.05, 0) is 37.1 Å². The van der Waals surface area contributed by atoms with Crippen LogP contribution in [0.4, 0.5) is 0 Å². The maximum Gasteiger partial charge on any atom is 0.312 e. The highest BCUT2D eigenvalue weighted by molar-refractivity contribution is 6.03. The number of nitrogens with one attached hydrogen (secondary N) is 1. The van der Waals surface area contributed by atoms with Gasteiger partial charge in [0.1, 0.15) is 22.3 Å². The number of aryl methyl sites for hydroxylation is 1. The average Bonchev–Trinajstić information content (AvgIpc) is 2.99. The molecule has 2 heterocycles. The van der Waals surface area contributed by atoms with Crippen LogP contribution >= 0.6 is 0 Å². The van der Waals surface area contributed by atoms with Gasteiger partial charge in [-0.2, -0.15) is 0 Å². The van der Waals surface area contributed by atoms with Gasteiger partial charge in [0, 0.05) is 24.0 Å². The number of carbonyl (C=O) groups is 3. The number of carboxylic acid groups (broad SMARTS) is 2. The monoisotopic (exact) mass is 358 g/mol. The maximum absolute atomic E-state index is 13.0. The Hall–Kier alpha value is -3.03. The van der Waals surface area contributed by atoms with E-state index in [1.165, 1.54) is 4.90 Å². The Morgan fingerprint density at radius 2 is 1.77 bits per heavy atom. The minimum atomic E-state index is -1.38. The molecule has 2 aliphatic rings. The molecule has 26 heavy (non-hydrogen) atoms. The number of amides is 1. The number of likely N-dealkylation sites (tertiary alicyclic amines) is 1. The van der Waals surface area contributed by atoms with Crippen LogP contribution < -0.4 is 4.74 Å². The lowest BCUT2D eigenvalue weighted by Crippen LogP contribution is -2.35. The molecular formula is C18H18N2O6. The molecule has 3 N–H and O–H groups in total. The molecule has 0 radical (unpaired) electrons. The summed E-state index contributed by atoms with van der Waals surface area (Å²) in [5.74, 6) is -2.04. The zero-order valence-electron chi connectivity index (χ0n) is 14.3. The van der Waals surface area contributed by atoms with E-state index in [1.54, 1.807) is 26.2 Å². The van der Waals surface area contributed by atoms with Crippen LogP contribution in [0.1, 0.15) is 22.5 Å². The summed E-state index contributed by atoms with van der Waals surface area (Å²) in [5, 5.41) is 19.8. The average molecular weight is 358 g/mol. The van der Waals surface area contributed by atoms with Gasteiger partial charge in [-0.25, -0.2) is 0 Å². The molecule has 8 heteroatoms. The highest BCUT2D eigenvalue weighted by Crippen LogP contribution is 2.68. The van der Waals surface area contributed by atoms with Gasteiger partial charge in [0.05, 0.1) is 7.11 Å². The summed E-state index contributed by atoms with van der Waals surface area (Å²) in [6, 6.07) is 5.39. The fourth-order valence-corrected chi connectivity index (χ4v) is 4.24. The van der Waals surface area contributed by atoms with Crippen LogP contribution in [0.15, 0.2) is 18.2 Å². The normalized spacial score (nSPS) is 26.6. The van der Waals surface area contributed by atoms with Crippen molar-refractivity contribution >= 4 is 28.7 Å². The van der Waals surface area contributed by atoms with Crippen molar-refractivity contribution < 1.29 is 29.3 Å². The molecule has 1 saturated carbocycles. The van der Waals surface area contributed by atoms with Crippen molar-refractivity contribution in [1.82, 2.24) is 9.88 Å². The standard InChI is InChI=1S/C18H18N2O6/c1-9-11-5-10(26-2)3-4-12(11)19-13(9)14(21)20-7-17(15(22)23)6-18(17,8-20)16(24)25/h3-5,19H,6-8H2,1-2H3,(H,22,23)(H,24,25)/t17-,18+. The summed E-state index contributed by atoms with van der Waals surface area (Å²) in [4.78, 5) is 40.6. The highest BCUT2D eigenvalue weighted by atomic mass is 16.5. The summed E-state index contributed by atoms with van der Waals surface area (Å²) in [6.07, 6.45) is 0.0668. The van der Waals surface area contributed by atoms with E-state index >= 15 is 0 Å². The summed E-state index contributed by atoms with van der Waals surface area (Å²) in [5.41, 5.74) is -0.930.